The number of thiazole rings is 1. The van der Waals surface area contributed by atoms with Crippen molar-refractivity contribution in [1.82, 2.24) is 4.98 Å². The molecule has 2 saturated carbocycles. The fourth-order valence-electron chi connectivity index (χ4n) is 6.69. The Kier molecular flexibility index (Phi) is 9.83. The average Bonchev–Trinajstić information content (AvgIpc) is 3.53. The largest absolute Gasteiger partial charge is 0.496 e. The van der Waals surface area contributed by atoms with E-state index in [4.69, 9.17) is 14.2 Å². The number of aryl methyl sites for hydroxylation is 1. The number of hydrogen-bond acceptors (Lipinski definition) is 7. The molecule has 5 rings (SSSR count). The van der Waals surface area contributed by atoms with Crippen molar-refractivity contribution >= 4 is 28.9 Å². The molecule has 7 nitrogen and oxygen atoms in total. The van der Waals surface area contributed by atoms with Crippen molar-refractivity contribution in [2.24, 2.45) is 17.8 Å². The Balaban J connectivity index is 1.33. The van der Waals surface area contributed by atoms with Crippen LogP contribution in [0.25, 0.3) is 10.4 Å². The van der Waals surface area contributed by atoms with E-state index in [1.165, 1.54) is 29.6 Å². The van der Waals surface area contributed by atoms with Crippen molar-refractivity contribution in [2.75, 3.05) is 32.8 Å². The van der Waals surface area contributed by atoms with Gasteiger partial charge in [-0.1, -0.05) is 35.6 Å². The summed E-state index contributed by atoms with van der Waals surface area (Å²) in [6, 6.07) is 14.8. The van der Waals surface area contributed by atoms with Gasteiger partial charge in [-0.3, -0.25) is 9.59 Å². The third kappa shape index (κ3) is 6.80. The van der Waals surface area contributed by atoms with E-state index < -0.39 is 0 Å². The van der Waals surface area contributed by atoms with E-state index >= 15 is 0 Å². The number of benzene rings is 2. The highest BCUT2D eigenvalue weighted by atomic mass is 32.1. The second-order valence-corrected chi connectivity index (χ2v) is 12.7. The molecule has 1 aromatic heterocycles. The molecular weight excluding hydrogens is 548 g/mol. The van der Waals surface area contributed by atoms with Crippen LogP contribution in [0.3, 0.4) is 0 Å². The molecule has 1 heterocycles. The van der Waals surface area contributed by atoms with Gasteiger partial charge in [-0.2, -0.15) is 0 Å². The molecule has 0 N–H and O–H groups in total. The lowest BCUT2D eigenvalue weighted by molar-refractivity contribution is -0.147. The maximum absolute atomic E-state index is 14.2. The van der Waals surface area contributed by atoms with Crippen molar-refractivity contribution in [3.05, 3.63) is 59.8 Å². The van der Waals surface area contributed by atoms with Crippen molar-refractivity contribution in [3.8, 4) is 21.4 Å². The van der Waals surface area contributed by atoms with Crippen LogP contribution < -0.4 is 14.4 Å². The molecule has 0 bridgehead atoms. The van der Waals surface area contributed by atoms with E-state index in [0.29, 0.717) is 49.3 Å². The van der Waals surface area contributed by atoms with E-state index in [2.05, 4.69) is 42.2 Å². The third-order valence-corrected chi connectivity index (χ3v) is 10.2. The van der Waals surface area contributed by atoms with Gasteiger partial charge in [-0.25, -0.2) is 4.98 Å². The summed E-state index contributed by atoms with van der Waals surface area (Å²) in [5.74, 6) is 1.72. The quantitative estimate of drug-likeness (QED) is 0.241. The number of anilines is 1. The summed E-state index contributed by atoms with van der Waals surface area (Å²) in [4.78, 5) is 33.6. The Bertz CT molecular complexity index is 1370. The van der Waals surface area contributed by atoms with Gasteiger partial charge in [-0.05, 0) is 105 Å². The first-order chi connectivity index (χ1) is 20.4. The minimum Gasteiger partial charge on any atom is -0.496 e. The molecule has 2 aliphatic carbocycles. The summed E-state index contributed by atoms with van der Waals surface area (Å²) >= 11 is 1.50. The lowest BCUT2D eigenvalue weighted by atomic mass is 9.77. The number of hydrogen-bond donors (Lipinski definition) is 0. The highest BCUT2D eigenvalue weighted by molar-refractivity contribution is 7.16. The van der Waals surface area contributed by atoms with E-state index in [-0.39, 0.29) is 23.7 Å². The van der Waals surface area contributed by atoms with Gasteiger partial charge < -0.3 is 19.1 Å². The molecule has 42 heavy (non-hydrogen) atoms. The van der Waals surface area contributed by atoms with Crippen LogP contribution in [0.2, 0.25) is 0 Å². The van der Waals surface area contributed by atoms with Gasteiger partial charge in [0.2, 0.25) is 5.91 Å². The van der Waals surface area contributed by atoms with Gasteiger partial charge in [0.05, 0.1) is 32.1 Å². The number of carbonyl (C=O) groups is 2. The number of rotatable bonds is 9. The second-order valence-electron chi connectivity index (χ2n) is 11.7. The molecule has 2 aromatic carbocycles. The standard InChI is InChI=1S/C34H42N2O5S/c1-22-18-27(16-17-30(22)39-2)24-10-8-23(9-11-24)21-36(32(37)25-12-14-26(15-13-25)33(38)40-3)29-7-5-6-28(19-29)31-20-35-34(41-4)42-31/h5-7,16-20,23-26H,8-15,21H2,1-4H3. The smallest absolute Gasteiger partial charge is 0.308 e. The Morgan fingerprint density at radius 2 is 1.64 bits per heavy atom. The molecule has 3 aromatic rings. The lowest BCUT2D eigenvalue weighted by Gasteiger charge is -2.36. The minimum atomic E-state index is -0.158. The number of esters is 1. The number of amides is 1. The monoisotopic (exact) mass is 590 g/mol. The summed E-state index contributed by atoms with van der Waals surface area (Å²) in [5, 5.41) is 0.620. The minimum absolute atomic E-state index is 0.0864. The molecule has 8 heteroatoms. The maximum atomic E-state index is 14.2. The van der Waals surface area contributed by atoms with Crippen LogP contribution in [0, 0.1) is 24.7 Å². The summed E-state index contributed by atoms with van der Waals surface area (Å²) in [7, 11) is 4.78. The predicted molar refractivity (Wildman–Crippen MR) is 166 cm³/mol. The summed E-state index contributed by atoms with van der Waals surface area (Å²) < 4.78 is 15.7. The third-order valence-electron chi connectivity index (χ3n) is 9.16. The molecule has 0 spiro atoms. The van der Waals surface area contributed by atoms with Crippen LogP contribution in [0.4, 0.5) is 5.69 Å². The van der Waals surface area contributed by atoms with Crippen LogP contribution >= 0.6 is 11.3 Å². The van der Waals surface area contributed by atoms with Crippen LogP contribution in [0.15, 0.2) is 48.7 Å². The van der Waals surface area contributed by atoms with Crippen LogP contribution in [0.5, 0.6) is 10.9 Å². The molecule has 2 aliphatic rings. The first-order valence-electron chi connectivity index (χ1n) is 15.0. The van der Waals surface area contributed by atoms with Gasteiger partial charge in [0, 0.05) is 24.3 Å². The summed E-state index contributed by atoms with van der Waals surface area (Å²) in [5.41, 5.74) is 4.51. The van der Waals surface area contributed by atoms with E-state index in [1.807, 2.05) is 23.2 Å². The molecule has 0 unspecified atom stereocenters. The van der Waals surface area contributed by atoms with Gasteiger partial charge in [0.15, 0.2) is 0 Å². The number of carbonyl (C=O) groups excluding carboxylic acids is 2. The van der Waals surface area contributed by atoms with E-state index in [0.717, 1.165) is 47.6 Å². The van der Waals surface area contributed by atoms with Crippen LogP contribution in [0.1, 0.15) is 68.4 Å². The number of methoxy groups -OCH3 is 3. The first kappa shape index (κ1) is 30.1. The van der Waals surface area contributed by atoms with Gasteiger partial charge in [0.1, 0.15) is 5.75 Å². The van der Waals surface area contributed by atoms with Gasteiger partial charge in [-0.15, -0.1) is 0 Å². The van der Waals surface area contributed by atoms with Crippen molar-refractivity contribution in [1.29, 1.82) is 0 Å². The molecule has 0 atom stereocenters. The molecular formula is C34H42N2O5S. The SMILES string of the molecule is COC(=O)C1CCC(C(=O)N(CC2CCC(c3ccc(OC)c(C)c3)CC2)c2cccc(-c3cnc(OC)s3)c2)CC1. The fourth-order valence-corrected chi connectivity index (χ4v) is 7.42. The topological polar surface area (TPSA) is 78.0 Å². The second kappa shape index (κ2) is 13.7. The molecule has 224 valence electrons. The maximum Gasteiger partial charge on any atom is 0.308 e. The lowest BCUT2D eigenvalue weighted by Crippen LogP contribution is -2.42. The van der Waals surface area contributed by atoms with Crippen molar-refractivity contribution in [2.45, 2.75) is 64.2 Å². The molecule has 0 saturated heterocycles. The normalized spacial score (nSPS) is 22.3. The van der Waals surface area contributed by atoms with Gasteiger partial charge >= 0.3 is 5.97 Å². The van der Waals surface area contributed by atoms with Crippen LogP contribution in [-0.2, 0) is 14.3 Å². The van der Waals surface area contributed by atoms with E-state index in [1.54, 1.807) is 14.2 Å². The van der Waals surface area contributed by atoms with E-state index in [9.17, 15) is 9.59 Å². The molecule has 1 amide bonds. The molecule has 0 radical (unpaired) electrons. The first-order valence-corrected chi connectivity index (χ1v) is 15.9. The highest BCUT2D eigenvalue weighted by Gasteiger charge is 2.35. The Hall–Kier alpha value is -3.39. The fraction of sp³-hybridized carbons (Fsp3) is 0.500. The zero-order valence-corrected chi connectivity index (χ0v) is 26.0. The highest BCUT2D eigenvalue weighted by Crippen LogP contribution is 2.40. The van der Waals surface area contributed by atoms with Gasteiger partial charge in [0.25, 0.3) is 5.19 Å². The predicted octanol–water partition coefficient (Wildman–Crippen LogP) is 7.42. The summed E-state index contributed by atoms with van der Waals surface area (Å²) in [6.07, 6.45) is 9.04. The van der Waals surface area contributed by atoms with Crippen LogP contribution in [-0.4, -0.2) is 44.7 Å². The zero-order chi connectivity index (χ0) is 29.6. The molecule has 2 fully saturated rings. The summed E-state index contributed by atoms with van der Waals surface area (Å²) in [6.45, 7) is 2.81. The number of ether oxygens (including phenoxy) is 3. The Morgan fingerprint density at radius 3 is 2.29 bits per heavy atom. The Labute approximate surface area is 253 Å². The average molecular weight is 591 g/mol. The number of aromatic nitrogens is 1. The zero-order valence-electron chi connectivity index (χ0n) is 25.1. The van der Waals surface area contributed by atoms with Crippen molar-refractivity contribution < 1.29 is 23.8 Å². The Morgan fingerprint density at radius 1 is 0.905 bits per heavy atom. The number of nitrogens with zero attached hydrogens (tertiary/aromatic N) is 2. The molecule has 0 aliphatic heterocycles. The van der Waals surface area contributed by atoms with Crippen molar-refractivity contribution in [3.63, 3.8) is 0 Å².